The number of nitrogens with zero attached hydrogens (tertiary/aromatic N) is 3. The average molecular weight is 492 g/mol. The Labute approximate surface area is 203 Å². The Bertz CT molecular complexity index is 1460. The number of benzene rings is 2. The Kier molecular flexibility index (Phi) is 6.27. The zero-order valence-corrected chi connectivity index (χ0v) is 19.8. The van der Waals surface area contributed by atoms with Crippen molar-refractivity contribution in [2.24, 2.45) is 0 Å². The maximum atomic E-state index is 13.6. The van der Waals surface area contributed by atoms with Gasteiger partial charge in [-0.05, 0) is 47.4 Å². The van der Waals surface area contributed by atoms with Gasteiger partial charge in [-0.25, -0.2) is 17.4 Å². The fourth-order valence-electron chi connectivity index (χ4n) is 4.33. The minimum absolute atomic E-state index is 0.0725. The monoisotopic (exact) mass is 491 g/mol. The van der Waals surface area contributed by atoms with Gasteiger partial charge in [0, 0.05) is 37.3 Å². The van der Waals surface area contributed by atoms with Gasteiger partial charge in [0.25, 0.3) is 10.0 Å². The Balaban J connectivity index is 1.56. The number of morpholine rings is 1. The Morgan fingerprint density at radius 2 is 1.77 bits per heavy atom. The molecule has 0 bridgehead atoms. The minimum atomic E-state index is -3.94. The molecule has 0 spiro atoms. The second-order valence-electron chi connectivity index (χ2n) is 8.40. The second kappa shape index (κ2) is 9.52. The zero-order valence-electron chi connectivity index (χ0n) is 19.0. The lowest BCUT2D eigenvalue weighted by atomic mass is 10.0. The molecule has 8 nitrogen and oxygen atoms in total. The maximum absolute atomic E-state index is 13.6. The van der Waals surface area contributed by atoms with Crippen LogP contribution in [0.5, 0.6) is 0 Å². The zero-order chi connectivity index (χ0) is 24.4. The van der Waals surface area contributed by atoms with Crippen LogP contribution in [0.3, 0.4) is 0 Å². The van der Waals surface area contributed by atoms with Crippen LogP contribution in [0.4, 0.5) is 5.82 Å². The van der Waals surface area contributed by atoms with Crippen molar-refractivity contribution in [2.45, 2.75) is 17.7 Å². The predicted octanol–water partition coefficient (Wildman–Crippen LogP) is 3.79. The number of aryl methyl sites for hydroxylation is 1. The molecule has 1 aliphatic rings. The van der Waals surface area contributed by atoms with Crippen LogP contribution in [-0.2, 0) is 26.0 Å². The quantitative estimate of drug-likeness (QED) is 0.420. The normalized spacial score (nSPS) is 14.3. The lowest BCUT2D eigenvalue weighted by molar-refractivity contribution is -0.136. The molecule has 0 saturated carbocycles. The summed E-state index contributed by atoms with van der Waals surface area (Å²) in [5.74, 6) is -0.227. The van der Waals surface area contributed by atoms with E-state index >= 15 is 0 Å². The van der Waals surface area contributed by atoms with Crippen molar-refractivity contribution >= 4 is 32.7 Å². The molecule has 2 aromatic heterocycles. The van der Waals surface area contributed by atoms with Crippen molar-refractivity contribution in [1.29, 1.82) is 0 Å². The first-order chi connectivity index (χ1) is 16.9. The average Bonchev–Trinajstić information content (AvgIpc) is 3.27. The number of hydrogen-bond acceptors (Lipinski definition) is 6. The summed E-state index contributed by atoms with van der Waals surface area (Å²) in [7, 11) is -3.94. The number of rotatable bonds is 7. The van der Waals surface area contributed by atoms with E-state index in [9.17, 15) is 18.3 Å². The van der Waals surface area contributed by atoms with Crippen LogP contribution in [0.25, 0.3) is 22.0 Å². The van der Waals surface area contributed by atoms with Crippen molar-refractivity contribution in [2.75, 3.05) is 31.2 Å². The van der Waals surface area contributed by atoms with Gasteiger partial charge in [0.05, 0.1) is 18.7 Å². The van der Waals surface area contributed by atoms with E-state index in [-0.39, 0.29) is 17.7 Å². The van der Waals surface area contributed by atoms with Gasteiger partial charge >= 0.3 is 5.97 Å². The van der Waals surface area contributed by atoms with Crippen LogP contribution in [0.2, 0.25) is 0 Å². The summed E-state index contributed by atoms with van der Waals surface area (Å²) in [6, 6.07) is 18.6. The van der Waals surface area contributed by atoms with E-state index < -0.39 is 16.0 Å². The highest BCUT2D eigenvalue weighted by molar-refractivity contribution is 7.90. The number of ether oxygens (including phenoxy) is 1. The Morgan fingerprint density at radius 3 is 2.46 bits per heavy atom. The van der Waals surface area contributed by atoms with E-state index in [4.69, 9.17) is 4.74 Å². The third-order valence-corrected chi connectivity index (χ3v) is 7.84. The highest BCUT2D eigenvalue weighted by atomic mass is 32.2. The van der Waals surface area contributed by atoms with Crippen molar-refractivity contribution in [3.05, 3.63) is 78.6 Å². The fraction of sp³-hybridized carbons (Fsp3) is 0.231. The van der Waals surface area contributed by atoms with Crippen LogP contribution in [-0.4, -0.2) is 54.8 Å². The van der Waals surface area contributed by atoms with Crippen LogP contribution < -0.4 is 4.90 Å². The number of carboxylic acid groups (broad SMARTS) is 1. The molecule has 4 aromatic rings. The van der Waals surface area contributed by atoms with E-state index in [1.54, 1.807) is 18.2 Å². The molecule has 1 N–H and O–H groups in total. The molecular formula is C26H25N3O5S. The topological polar surface area (TPSA) is 102 Å². The summed E-state index contributed by atoms with van der Waals surface area (Å²) in [5.41, 5.74) is 3.10. The molecule has 1 aliphatic heterocycles. The Morgan fingerprint density at radius 1 is 1.00 bits per heavy atom. The van der Waals surface area contributed by atoms with Gasteiger partial charge in [0.1, 0.15) is 10.7 Å². The number of fused-ring (bicyclic) bond motifs is 1. The van der Waals surface area contributed by atoms with Crippen molar-refractivity contribution in [3.63, 3.8) is 0 Å². The van der Waals surface area contributed by atoms with Crippen LogP contribution in [0.1, 0.15) is 12.0 Å². The molecule has 0 amide bonds. The lowest BCUT2D eigenvalue weighted by Gasteiger charge is -2.27. The van der Waals surface area contributed by atoms with Gasteiger partial charge in [-0.3, -0.25) is 4.79 Å². The van der Waals surface area contributed by atoms with Gasteiger partial charge in [-0.1, -0.05) is 36.4 Å². The molecule has 35 heavy (non-hydrogen) atoms. The Hall–Kier alpha value is -3.69. The number of aromatic nitrogens is 2. The van der Waals surface area contributed by atoms with E-state index in [0.717, 1.165) is 11.1 Å². The lowest BCUT2D eigenvalue weighted by Crippen LogP contribution is -2.36. The molecule has 9 heteroatoms. The van der Waals surface area contributed by atoms with Crippen LogP contribution in [0, 0.1) is 0 Å². The van der Waals surface area contributed by atoms with E-state index in [1.807, 2.05) is 42.5 Å². The molecule has 0 unspecified atom stereocenters. The highest BCUT2D eigenvalue weighted by Gasteiger charge is 2.23. The number of anilines is 1. The summed E-state index contributed by atoms with van der Waals surface area (Å²) in [6.07, 6.45) is 3.04. The van der Waals surface area contributed by atoms with Crippen molar-refractivity contribution in [3.8, 4) is 11.1 Å². The first-order valence-electron chi connectivity index (χ1n) is 11.4. The highest BCUT2D eigenvalue weighted by Crippen LogP contribution is 2.31. The molecule has 3 heterocycles. The number of carboxylic acids is 1. The first kappa shape index (κ1) is 23.1. The van der Waals surface area contributed by atoms with E-state index in [1.165, 1.54) is 16.4 Å². The summed E-state index contributed by atoms with van der Waals surface area (Å²) < 4.78 is 33.8. The largest absolute Gasteiger partial charge is 0.481 e. The van der Waals surface area contributed by atoms with Gasteiger partial charge in [-0.15, -0.1) is 0 Å². The van der Waals surface area contributed by atoms with E-state index in [2.05, 4.69) is 9.88 Å². The third kappa shape index (κ3) is 4.65. The molecule has 180 valence electrons. The van der Waals surface area contributed by atoms with Gasteiger partial charge < -0.3 is 14.7 Å². The summed E-state index contributed by atoms with van der Waals surface area (Å²) in [6.45, 7) is 2.64. The van der Waals surface area contributed by atoms with Crippen molar-refractivity contribution in [1.82, 2.24) is 8.96 Å². The van der Waals surface area contributed by atoms with E-state index in [0.29, 0.717) is 48.6 Å². The van der Waals surface area contributed by atoms with Gasteiger partial charge in [0.15, 0.2) is 0 Å². The molecular weight excluding hydrogens is 466 g/mol. The SMILES string of the molecule is O=C(O)CCc1cn(S(=O)(=O)c2ccc(N3CCOCC3)nc2)c2ccc(-c3ccccc3)cc12. The minimum Gasteiger partial charge on any atom is -0.481 e. The summed E-state index contributed by atoms with van der Waals surface area (Å²) >= 11 is 0. The number of carbonyl (C=O) groups is 1. The molecule has 0 aliphatic carbocycles. The predicted molar refractivity (Wildman–Crippen MR) is 133 cm³/mol. The molecule has 0 radical (unpaired) electrons. The number of pyridine rings is 1. The standard InChI is InChI=1S/C26H25N3O5S/c30-26(31)11-7-21-18-29(24-9-6-20(16-23(21)24)19-4-2-1-3-5-19)35(32,33)22-8-10-25(27-17-22)28-12-14-34-15-13-28/h1-6,8-10,16-18H,7,11-15H2,(H,30,31). The molecule has 5 rings (SSSR count). The van der Waals surface area contributed by atoms with Crippen LogP contribution in [0.15, 0.2) is 78.0 Å². The molecule has 1 fully saturated rings. The molecule has 2 aromatic carbocycles. The summed E-state index contributed by atoms with van der Waals surface area (Å²) in [4.78, 5) is 17.8. The van der Waals surface area contributed by atoms with Gasteiger partial charge in [0.2, 0.25) is 0 Å². The molecule has 0 atom stereocenters. The smallest absolute Gasteiger partial charge is 0.303 e. The van der Waals surface area contributed by atoms with Gasteiger partial charge in [-0.2, -0.15) is 0 Å². The number of hydrogen-bond donors (Lipinski definition) is 1. The summed E-state index contributed by atoms with van der Waals surface area (Å²) in [5, 5.41) is 9.93. The molecule has 1 saturated heterocycles. The third-order valence-electron chi connectivity index (χ3n) is 6.18. The second-order valence-corrected chi connectivity index (χ2v) is 10.2. The number of aliphatic carboxylic acids is 1. The van der Waals surface area contributed by atoms with Crippen LogP contribution >= 0.6 is 0 Å². The first-order valence-corrected chi connectivity index (χ1v) is 12.8. The fourth-order valence-corrected chi connectivity index (χ4v) is 5.67. The van der Waals surface area contributed by atoms with Crippen molar-refractivity contribution < 1.29 is 23.1 Å². The maximum Gasteiger partial charge on any atom is 0.303 e.